The summed E-state index contributed by atoms with van der Waals surface area (Å²) in [4.78, 5) is 14.1. The molecular formula is C20H33N3O3. The van der Waals surface area contributed by atoms with Crippen molar-refractivity contribution >= 4 is 6.09 Å². The van der Waals surface area contributed by atoms with E-state index in [1.807, 2.05) is 25.7 Å². The van der Waals surface area contributed by atoms with Crippen LogP contribution >= 0.6 is 0 Å². The number of nitrogens with zero attached hydrogens (tertiary/aromatic N) is 3. The third kappa shape index (κ3) is 4.40. The van der Waals surface area contributed by atoms with Crippen LogP contribution in [0.3, 0.4) is 0 Å². The number of unbranched alkanes of at least 4 members (excludes halogenated alkanes) is 1. The number of aryl methyl sites for hydroxylation is 1. The number of ether oxygens (including phenoxy) is 2. The van der Waals surface area contributed by atoms with Crippen LogP contribution in [0.4, 0.5) is 4.79 Å². The number of amides is 1. The number of rotatable bonds is 4. The molecule has 0 atom stereocenters. The molecule has 2 aliphatic heterocycles. The summed E-state index contributed by atoms with van der Waals surface area (Å²) in [6.07, 6.45) is 4.98. The molecule has 0 bridgehead atoms. The van der Waals surface area contributed by atoms with Crippen LogP contribution in [0.5, 0.6) is 0 Å². The Bertz CT molecular complexity index is 625. The maximum atomic E-state index is 12.3. The summed E-state index contributed by atoms with van der Waals surface area (Å²) < 4.78 is 13.4. The van der Waals surface area contributed by atoms with Gasteiger partial charge in [0.1, 0.15) is 5.60 Å². The lowest BCUT2D eigenvalue weighted by atomic mass is 9.90. The molecule has 146 valence electrons. The Morgan fingerprint density at radius 1 is 1.31 bits per heavy atom. The van der Waals surface area contributed by atoms with Gasteiger partial charge in [-0.25, -0.2) is 4.79 Å². The van der Waals surface area contributed by atoms with Crippen molar-refractivity contribution in [3.05, 3.63) is 17.0 Å². The zero-order chi connectivity index (χ0) is 18.7. The topological polar surface area (TPSA) is 56.6 Å². The van der Waals surface area contributed by atoms with E-state index >= 15 is 0 Å². The van der Waals surface area contributed by atoms with E-state index in [0.29, 0.717) is 12.5 Å². The van der Waals surface area contributed by atoms with Crippen molar-refractivity contribution < 1.29 is 14.3 Å². The van der Waals surface area contributed by atoms with E-state index in [-0.39, 0.29) is 6.09 Å². The second kappa shape index (κ2) is 7.99. The number of carbonyl (C=O) groups is 1. The third-order valence-corrected chi connectivity index (χ3v) is 5.18. The number of hydrogen-bond acceptors (Lipinski definition) is 4. The molecule has 0 radical (unpaired) electrons. The lowest BCUT2D eigenvalue weighted by Gasteiger charge is -2.33. The molecular weight excluding hydrogens is 330 g/mol. The SMILES string of the molecule is CCCCn1nc(C2CCN(C(=O)OC(C)(C)C)CC2)c2c1CCOC2. The van der Waals surface area contributed by atoms with Gasteiger partial charge in [-0.3, -0.25) is 4.68 Å². The highest BCUT2D eigenvalue weighted by Gasteiger charge is 2.31. The highest BCUT2D eigenvalue weighted by atomic mass is 16.6. The molecule has 6 nitrogen and oxygen atoms in total. The smallest absolute Gasteiger partial charge is 0.410 e. The summed E-state index contributed by atoms with van der Waals surface area (Å²) in [6.45, 7) is 11.9. The Hall–Kier alpha value is -1.56. The van der Waals surface area contributed by atoms with Crippen molar-refractivity contribution in [3.63, 3.8) is 0 Å². The predicted octanol–water partition coefficient (Wildman–Crippen LogP) is 3.87. The lowest BCUT2D eigenvalue weighted by molar-refractivity contribution is 0.0203. The zero-order valence-electron chi connectivity index (χ0n) is 16.7. The first kappa shape index (κ1) is 19.2. The first-order valence-electron chi connectivity index (χ1n) is 10.0. The number of carbonyl (C=O) groups excluding carboxylic acids is 1. The fraction of sp³-hybridized carbons (Fsp3) is 0.800. The van der Waals surface area contributed by atoms with Crippen molar-refractivity contribution in [2.75, 3.05) is 19.7 Å². The van der Waals surface area contributed by atoms with Gasteiger partial charge in [0, 0.05) is 43.2 Å². The first-order valence-corrected chi connectivity index (χ1v) is 10.0. The molecule has 1 saturated heterocycles. The molecule has 3 heterocycles. The van der Waals surface area contributed by atoms with E-state index in [4.69, 9.17) is 14.6 Å². The van der Waals surface area contributed by atoms with Crippen LogP contribution in [0.15, 0.2) is 0 Å². The maximum Gasteiger partial charge on any atom is 0.410 e. The van der Waals surface area contributed by atoms with Gasteiger partial charge in [-0.05, 0) is 40.0 Å². The van der Waals surface area contributed by atoms with Crippen LogP contribution in [0.1, 0.15) is 76.2 Å². The van der Waals surface area contributed by atoms with E-state index in [0.717, 1.165) is 51.9 Å². The molecule has 3 rings (SSSR count). The van der Waals surface area contributed by atoms with E-state index in [1.165, 1.54) is 23.4 Å². The Labute approximate surface area is 156 Å². The summed E-state index contributed by atoms with van der Waals surface area (Å²) in [5, 5.41) is 4.98. The third-order valence-electron chi connectivity index (χ3n) is 5.18. The van der Waals surface area contributed by atoms with Crippen molar-refractivity contribution in [3.8, 4) is 0 Å². The van der Waals surface area contributed by atoms with E-state index in [9.17, 15) is 4.79 Å². The summed E-state index contributed by atoms with van der Waals surface area (Å²) in [6, 6.07) is 0. The van der Waals surface area contributed by atoms with Gasteiger partial charge < -0.3 is 14.4 Å². The number of hydrogen-bond donors (Lipinski definition) is 0. The van der Waals surface area contributed by atoms with Crippen LogP contribution in [0, 0.1) is 0 Å². The van der Waals surface area contributed by atoms with Crippen LogP contribution in [0.2, 0.25) is 0 Å². The molecule has 0 N–H and O–H groups in total. The average Bonchev–Trinajstić information content (AvgIpc) is 2.97. The molecule has 1 aromatic rings. The quantitative estimate of drug-likeness (QED) is 0.815. The molecule has 26 heavy (non-hydrogen) atoms. The highest BCUT2D eigenvalue weighted by Crippen LogP contribution is 2.33. The van der Waals surface area contributed by atoms with Crippen molar-refractivity contribution in [2.45, 2.75) is 84.5 Å². The number of likely N-dealkylation sites (tertiary alicyclic amines) is 1. The van der Waals surface area contributed by atoms with Gasteiger partial charge in [0.15, 0.2) is 0 Å². The van der Waals surface area contributed by atoms with Gasteiger partial charge in [-0.1, -0.05) is 13.3 Å². The highest BCUT2D eigenvalue weighted by molar-refractivity contribution is 5.68. The lowest BCUT2D eigenvalue weighted by Crippen LogP contribution is -2.41. The molecule has 0 unspecified atom stereocenters. The first-order chi connectivity index (χ1) is 12.4. The molecule has 2 aliphatic rings. The standard InChI is InChI=1S/C20H33N3O3/c1-5-6-10-23-17-9-13-25-14-16(17)18(21-23)15-7-11-22(12-8-15)19(24)26-20(2,3)4/h15H,5-14H2,1-4H3. The summed E-state index contributed by atoms with van der Waals surface area (Å²) in [5.74, 6) is 0.409. The molecule has 0 aliphatic carbocycles. The van der Waals surface area contributed by atoms with Crippen molar-refractivity contribution in [1.82, 2.24) is 14.7 Å². The minimum atomic E-state index is -0.442. The van der Waals surface area contributed by atoms with Crippen LogP contribution < -0.4 is 0 Å². The van der Waals surface area contributed by atoms with Crippen molar-refractivity contribution in [2.24, 2.45) is 0 Å². The van der Waals surface area contributed by atoms with Crippen LogP contribution in [-0.2, 0) is 29.0 Å². The van der Waals surface area contributed by atoms with Gasteiger partial charge in [0.05, 0.1) is 18.9 Å². The number of aromatic nitrogens is 2. The fourth-order valence-corrected chi connectivity index (χ4v) is 3.82. The van der Waals surface area contributed by atoms with Gasteiger partial charge in [-0.15, -0.1) is 0 Å². The maximum absolute atomic E-state index is 12.3. The second-order valence-electron chi connectivity index (χ2n) is 8.43. The Kier molecular flexibility index (Phi) is 5.90. The summed E-state index contributed by atoms with van der Waals surface area (Å²) in [5.41, 5.74) is 3.44. The summed E-state index contributed by atoms with van der Waals surface area (Å²) >= 11 is 0. The van der Waals surface area contributed by atoms with Gasteiger partial charge in [0.25, 0.3) is 0 Å². The van der Waals surface area contributed by atoms with Gasteiger partial charge in [0.2, 0.25) is 0 Å². The molecule has 1 aromatic heterocycles. The van der Waals surface area contributed by atoms with Crippen LogP contribution in [-0.4, -0.2) is 46.1 Å². The average molecular weight is 364 g/mol. The summed E-state index contributed by atoms with van der Waals surface area (Å²) in [7, 11) is 0. The molecule has 0 spiro atoms. The molecule has 1 fully saturated rings. The molecule has 6 heteroatoms. The predicted molar refractivity (Wildman–Crippen MR) is 100 cm³/mol. The van der Waals surface area contributed by atoms with Crippen molar-refractivity contribution in [1.29, 1.82) is 0 Å². The second-order valence-corrected chi connectivity index (χ2v) is 8.43. The van der Waals surface area contributed by atoms with E-state index in [2.05, 4.69) is 11.6 Å². The van der Waals surface area contributed by atoms with E-state index < -0.39 is 5.60 Å². The van der Waals surface area contributed by atoms with Gasteiger partial charge in [-0.2, -0.15) is 5.10 Å². The fourth-order valence-electron chi connectivity index (χ4n) is 3.82. The molecule has 0 aromatic carbocycles. The Morgan fingerprint density at radius 3 is 2.69 bits per heavy atom. The molecule has 1 amide bonds. The minimum Gasteiger partial charge on any atom is -0.444 e. The minimum absolute atomic E-state index is 0.199. The van der Waals surface area contributed by atoms with E-state index in [1.54, 1.807) is 0 Å². The van der Waals surface area contributed by atoms with Gasteiger partial charge >= 0.3 is 6.09 Å². The monoisotopic (exact) mass is 363 g/mol. The van der Waals surface area contributed by atoms with Crippen LogP contribution in [0.25, 0.3) is 0 Å². The largest absolute Gasteiger partial charge is 0.444 e. The number of piperidine rings is 1. The Balaban J connectivity index is 1.67. The zero-order valence-corrected chi connectivity index (χ0v) is 16.7. The molecule has 0 saturated carbocycles. The number of fused-ring (bicyclic) bond motifs is 1. The Morgan fingerprint density at radius 2 is 2.04 bits per heavy atom. The normalized spacial score (nSPS) is 18.7.